The van der Waals surface area contributed by atoms with E-state index < -0.39 is 0 Å². The number of pyridine rings is 1. The van der Waals surface area contributed by atoms with Crippen molar-refractivity contribution in [1.82, 2.24) is 9.88 Å². The third-order valence-electron chi connectivity index (χ3n) is 4.60. The van der Waals surface area contributed by atoms with E-state index in [0.29, 0.717) is 6.10 Å². The quantitative estimate of drug-likeness (QED) is 0.754. The Morgan fingerprint density at radius 1 is 1.26 bits per heavy atom. The molecule has 5 nitrogen and oxygen atoms in total. The summed E-state index contributed by atoms with van der Waals surface area (Å²) < 4.78 is 5.86. The van der Waals surface area contributed by atoms with Gasteiger partial charge in [0, 0.05) is 44.0 Å². The second kappa shape index (κ2) is 11.5. The van der Waals surface area contributed by atoms with E-state index in [9.17, 15) is 0 Å². The van der Waals surface area contributed by atoms with Crippen LogP contribution in [-0.4, -0.2) is 47.3 Å². The van der Waals surface area contributed by atoms with Crippen molar-refractivity contribution < 1.29 is 14.6 Å². The maximum absolute atomic E-state index is 8.36. The van der Waals surface area contributed by atoms with E-state index in [-0.39, 0.29) is 6.47 Å². The second-order valence-corrected chi connectivity index (χ2v) is 6.98. The summed E-state index contributed by atoms with van der Waals surface area (Å²) in [6, 6.07) is 15.1. The molecule has 3 rings (SSSR count). The lowest BCUT2D eigenvalue weighted by Crippen LogP contribution is -2.33. The molecule has 1 aromatic carbocycles. The minimum absolute atomic E-state index is 0.250. The van der Waals surface area contributed by atoms with Crippen molar-refractivity contribution in [3.8, 4) is 0 Å². The van der Waals surface area contributed by atoms with Crippen LogP contribution in [0.2, 0.25) is 0 Å². The topological polar surface area (TPSA) is 62.7 Å². The fourth-order valence-corrected chi connectivity index (χ4v) is 3.39. The Hall–Kier alpha value is -2.24. The number of nitrogens with zero attached hydrogens (tertiary/aromatic N) is 2. The van der Waals surface area contributed by atoms with Gasteiger partial charge in [0.05, 0.1) is 6.10 Å². The Labute approximate surface area is 162 Å². The summed E-state index contributed by atoms with van der Waals surface area (Å²) in [6.07, 6.45) is 3.76. The molecule has 1 N–H and O–H groups in total. The minimum Gasteiger partial charge on any atom is -0.483 e. The van der Waals surface area contributed by atoms with Gasteiger partial charge >= 0.3 is 0 Å². The smallest absolute Gasteiger partial charge is 0.290 e. The van der Waals surface area contributed by atoms with Crippen molar-refractivity contribution in [2.24, 2.45) is 0 Å². The van der Waals surface area contributed by atoms with E-state index in [1.807, 2.05) is 0 Å². The molecule has 1 unspecified atom stereocenters. The summed E-state index contributed by atoms with van der Waals surface area (Å²) >= 11 is 0. The van der Waals surface area contributed by atoms with Crippen molar-refractivity contribution in [2.45, 2.75) is 45.8 Å². The van der Waals surface area contributed by atoms with Crippen molar-refractivity contribution in [3.63, 3.8) is 0 Å². The molecular weight excluding hydrogens is 340 g/mol. The number of benzene rings is 1. The van der Waals surface area contributed by atoms with Gasteiger partial charge in [-0.3, -0.25) is 14.7 Å². The van der Waals surface area contributed by atoms with Crippen LogP contribution in [-0.2, 0) is 22.5 Å². The molecule has 146 valence electrons. The number of carboxylic acid groups (broad SMARTS) is 1. The lowest BCUT2D eigenvalue weighted by atomic mass is 10.1. The molecule has 2 aromatic rings. The van der Waals surface area contributed by atoms with E-state index in [2.05, 4.69) is 66.2 Å². The molecule has 1 atom stereocenters. The molecule has 0 saturated carbocycles. The number of hydrogen-bond acceptors (Lipinski definition) is 4. The number of hydrogen-bond donors (Lipinski definition) is 1. The summed E-state index contributed by atoms with van der Waals surface area (Å²) in [5.41, 5.74) is 4.98. The third kappa shape index (κ3) is 7.89. The molecule has 1 aromatic heterocycles. The van der Waals surface area contributed by atoms with Crippen LogP contribution in [0.5, 0.6) is 0 Å². The molecular formula is C22H30N2O3. The normalized spacial score (nSPS) is 16.0. The lowest BCUT2D eigenvalue weighted by molar-refractivity contribution is -0.122. The highest BCUT2D eigenvalue weighted by Crippen LogP contribution is 2.16. The highest BCUT2D eigenvalue weighted by molar-refractivity contribution is 5.32. The molecule has 0 amide bonds. The van der Waals surface area contributed by atoms with Gasteiger partial charge in [-0.2, -0.15) is 0 Å². The van der Waals surface area contributed by atoms with Crippen LogP contribution in [0.15, 0.2) is 42.5 Å². The van der Waals surface area contributed by atoms with Gasteiger partial charge < -0.3 is 9.84 Å². The molecule has 1 fully saturated rings. The first kappa shape index (κ1) is 21.1. The Balaban J connectivity index is 0.000000817. The number of carbonyl (C=O) groups is 1. The maximum Gasteiger partial charge on any atom is 0.290 e. The van der Waals surface area contributed by atoms with Crippen LogP contribution in [0, 0.1) is 13.8 Å². The van der Waals surface area contributed by atoms with Crippen LogP contribution in [0.1, 0.15) is 35.4 Å². The zero-order valence-corrected chi connectivity index (χ0v) is 16.3. The zero-order chi connectivity index (χ0) is 19.5. The summed E-state index contributed by atoms with van der Waals surface area (Å²) in [4.78, 5) is 15.5. The van der Waals surface area contributed by atoms with Gasteiger partial charge in [-0.05, 0) is 44.4 Å². The van der Waals surface area contributed by atoms with Crippen LogP contribution < -0.4 is 0 Å². The van der Waals surface area contributed by atoms with E-state index >= 15 is 0 Å². The molecule has 0 aliphatic carbocycles. The Morgan fingerprint density at radius 3 is 2.70 bits per heavy atom. The molecule has 0 bridgehead atoms. The third-order valence-corrected chi connectivity index (χ3v) is 4.60. The monoisotopic (exact) mass is 370 g/mol. The summed E-state index contributed by atoms with van der Waals surface area (Å²) in [5.74, 6) is 0. The SMILES string of the molecule is Cc1cccc(CN(CCc2cccc(C)n2)CC2CCCO2)c1.O=CO. The Kier molecular flexibility index (Phi) is 8.95. The first-order chi connectivity index (χ1) is 13.1. The zero-order valence-electron chi connectivity index (χ0n) is 16.3. The number of aryl methyl sites for hydroxylation is 2. The number of ether oxygens (including phenoxy) is 1. The molecule has 27 heavy (non-hydrogen) atoms. The standard InChI is InChI=1S/C21H28N2O.CH2O2/c1-17-6-3-8-19(14-17)15-23(16-21-10-5-13-24-21)12-11-20-9-4-7-18(2)22-20;2-1-3/h3-4,6-9,14,21H,5,10-13,15-16H2,1-2H3;1H,(H,2,3). The number of rotatable bonds is 7. The van der Waals surface area contributed by atoms with Crippen LogP contribution in [0.25, 0.3) is 0 Å². The number of aromatic nitrogens is 1. The van der Waals surface area contributed by atoms with Gasteiger partial charge in [-0.1, -0.05) is 35.9 Å². The molecule has 0 radical (unpaired) electrons. The summed E-state index contributed by atoms with van der Waals surface area (Å²) in [5, 5.41) is 6.89. The van der Waals surface area contributed by atoms with E-state index in [1.54, 1.807) is 0 Å². The minimum atomic E-state index is -0.250. The van der Waals surface area contributed by atoms with Gasteiger partial charge in [-0.25, -0.2) is 0 Å². The van der Waals surface area contributed by atoms with Gasteiger partial charge in [0.1, 0.15) is 0 Å². The largest absolute Gasteiger partial charge is 0.483 e. The maximum atomic E-state index is 8.36. The summed E-state index contributed by atoms with van der Waals surface area (Å²) in [6.45, 7) is 7.89. The van der Waals surface area contributed by atoms with E-state index in [0.717, 1.165) is 38.4 Å². The predicted octanol–water partition coefficient (Wildman–Crippen LogP) is 3.62. The van der Waals surface area contributed by atoms with Crippen molar-refractivity contribution in [1.29, 1.82) is 0 Å². The van der Waals surface area contributed by atoms with E-state index in [4.69, 9.17) is 14.6 Å². The van der Waals surface area contributed by atoms with Gasteiger partial charge in [-0.15, -0.1) is 0 Å². The first-order valence-electron chi connectivity index (χ1n) is 9.50. The lowest BCUT2D eigenvalue weighted by Gasteiger charge is -2.25. The molecule has 1 aliphatic heterocycles. The predicted molar refractivity (Wildman–Crippen MR) is 107 cm³/mol. The first-order valence-corrected chi connectivity index (χ1v) is 9.50. The fourth-order valence-electron chi connectivity index (χ4n) is 3.39. The van der Waals surface area contributed by atoms with Crippen molar-refractivity contribution in [2.75, 3.05) is 19.7 Å². The molecule has 1 saturated heterocycles. The van der Waals surface area contributed by atoms with Gasteiger partial charge in [0.15, 0.2) is 0 Å². The molecule has 2 heterocycles. The molecule has 0 spiro atoms. The van der Waals surface area contributed by atoms with E-state index in [1.165, 1.54) is 29.7 Å². The molecule has 1 aliphatic rings. The van der Waals surface area contributed by atoms with Gasteiger partial charge in [0.25, 0.3) is 6.47 Å². The highest BCUT2D eigenvalue weighted by atomic mass is 16.5. The molecule has 5 heteroatoms. The Bertz CT molecular complexity index is 699. The summed E-state index contributed by atoms with van der Waals surface area (Å²) in [7, 11) is 0. The van der Waals surface area contributed by atoms with Crippen molar-refractivity contribution in [3.05, 3.63) is 65.0 Å². The highest BCUT2D eigenvalue weighted by Gasteiger charge is 2.19. The van der Waals surface area contributed by atoms with Crippen LogP contribution >= 0.6 is 0 Å². The fraction of sp³-hybridized carbons (Fsp3) is 0.455. The van der Waals surface area contributed by atoms with Gasteiger partial charge in [0.2, 0.25) is 0 Å². The Morgan fingerprint density at radius 2 is 2.04 bits per heavy atom. The average molecular weight is 370 g/mol. The van der Waals surface area contributed by atoms with Crippen molar-refractivity contribution >= 4 is 6.47 Å². The second-order valence-electron chi connectivity index (χ2n) is 6.98. The van der Waals surface area contributed by atoms with Crippen LogP contribution in [0.3, 0.4) is 0 Å². The van der Waals surface area contributed by atoms with Crippen LogP contribution in [0.4, 0.5) is 0 Å². The average Bonchev–Trinajstić information content (AvgIpc) is 3.14.